The van der Waals surface area contributed by atoms with Crippen molar-refractivity contribution in [3.63, 3.8) is 0 Å². The number of hydrogen-bond acceptors (Lipinski definition) is 2. The smallest absolute Gasteiger partial charge is 0.385 e. The molecule has 0 amide bonds. The molecule has 1 saturated carbocycles. The number of nitrogens with zero attached hydrogens (tertiary/aromatic N) is 2. The average Bonchev–Trinajstić information content (AvgIpc) is 2.93. The molecule has 1 fully saturated rings. The summed E-state index contributed by atoms with van der Waals surface area (Å²) in [7, 11) is 0. The van der Waals surface area contributed by atoms with Crippen LogP contribution in [0.3, 0.4) is 0 Å². The standard InChI is InChI=1S/C14H16F6N2O/c1-13(17)4-2-6(3-5-13)22-10-7(11(23)9(16)8(10)15)12(21-22)14(18,19)20/h6,8-9,11,23H,2-5H2,1H3/t6?,8-,9+,11-,13?/m0/s1. The molecule has 0 spiro atoms. The lowest BCUT2D eigenvalue weighted by atomic mass is 9.85. The number of halogens is 6. The number of rotatable bonds is 1. The molecule has 1 heterocycles. The zero-order valence-electron chi connectivity index (χ0n) is 12.2. The normalized spacial score (nSPS) is 37.9. The van der Waals surface area contributed by atoms with Crippen LogP contribution in [0, 0.1) is 0 Å². The van der Waals surface area contributed by atoms with Crippen molar-refractivity contribution >= 4 is 0 Å². The molecule has 130 valence electrons. The van der Waals surface area contributed by atoms with Gasteiger partial charge in [-0.1, -0.05) is 0 Å². The summed E-state index contributed by atoms with van der Waals surface area (Å²) in [6.45, 7) is 1.40. The van der Waals surface area contributed by atoms with Crippen LogP contribution in [0.2, 0.25) is 0 Å². The Balaban J connectivity index is 2.04. The summed E-state index contributed by atoms with van der Waals surface area (Å²) < 4.78 is 81.7. The molecule has 1 N–H and O–H groups in total. The number of hydrogen-bond donors (Lipinski definition) is 1. The molecular formula is C14H16F6N2O. The molecule has 2 aliphatic rings. The van der Waals surface area contributed by atoms with Gasteiger partial charge in [0, 0.05) is 5.56 Å². The van der Waals surface area contributed by atoms with Gasteiger partial charge in [-0.25, -0.2) is 13.2 Å². The second-order valence-corrected chi connectivity index (χ2v) is 6.53. The highest BCUT2D eigenvalue weighted by Crippen LogP contribution is 2.50. The minimum Gasteiger partial charge on any atom is -0.385 e. The van der Waals surface area contributed by atoms with E-state index in [1.54, 1.807) is 0 Å². The maximum atomic E-state index is 14.1. The first kappa shape index (κ1) is 16.6. The van der Waals surface area contributed by atoms with Crippen molar-refractivity contribution in [2.45, 2.75) is 68.9 Å². The van der Waals surface area contributed by atoms with E-state index in [2.05, 4.69) is 5.10 Å². The Bertz CT molecular complexity index is 601. The minimum atomic E-state index is -4.93. The van der Waals surface area contributed by atoms with Gasteiger partial charge in [-0.2, -0.15) is 18.3 Å². The molecule has 2 aliphatic carbocycles. The summed E-state index contributed by atoms with van der Waals surface area (Å²) in [5.41, 5.74) is -4.27. The van der Waals surface area contributed by atoms with Crippen LogP contribution in [0.1, 0.15) is 67.9 Å². The molecule has 0 aliphatic heterocycles. The van der Waals surface area contributed by atoms with E-state index in [4.69, 9.17) is 0 Å². The van der Waals surface area contributed by atoms with Crippen LogP contribution >= 0.6 is 0 Å². The maximum Gasteiger partial charge on any atom is 0.435 e. The first-order valence-corrected chi connectivity index (χ1v) is 7.37. The lowest BCUT2D eigenvalue weighted by molar-refractivity contribution is -0.143. The first-order valence-electron chi connectivity index (χ1n) is 7.37. The van der Waals surface area contributed by atoms with Crippen molar-refractivity contribution in [2.75, 3.05) is 0 Å². The van der Waals surface area contributed by atoms with Gasteiger partial charge < -0.3 is 5.11 Å². The van der Waals surface area contributed by atoms with Crippen LogP contribution in [0.25, 0.3) is 0 Å². The fourth-order valence-electron chi connectivity index (χ4n) is 3.43. The van der Waals surface area contributed by atoms with Gasteiger partial charge in [-0.15, -0.1) is 0 Å². The second kappa shape index (κ2) is 5.12. The fourth-order valence-corrected chi connectivity index (χ4v) is 3.43. The van der Waals surface area contributed by atoms with Crippen LogP contribution in [0.5, 0.6) is 0 Å². The van der Waals surface area contributed by atoms with Crippen molar-refractivity contribution in [1.82, 2.24) is 9.78 Å². The molecule has 3 rings (SSSR count). The van der Waals surface area contributed by atoms with Crippen LogP contribution in [0.15, 0.2) is 0 Å². The largest absolute Gasteiger partial charge is 0.435 e. The molecule has 0 unspecified atom stereocenters. The van der Waals surface area contributed by atoms with Gasteiger partial charge >= 0.3 is 6.18 Å². The Hall–Kier alpha value is -1.25. The Kier molecular flexibility index (Phi) is 3.70. The van der Waals surface area contributed by atoms with Gasteiger partial charge in [0.25, 0.3) is 0 Å². The van der Waals surface area contributed by atoms with Crippen molar-refractivity contribution in [3.8, 4) is 0 Å². The molecule has 0 bridgehead atoms. The van der Waals surface area contributed by atoms with Crippen LogP contribution < -0.4 is 0 Å². The summed E-state index contributed by atoms with van der Waals surface area (Å²) in [5, 5.41) is 13.0. The van der Waals surface area contributed by atoms with E-state index < -0.39 is 53.3 Å². The SMILES string of the molecule is CC1(F)CCC(n2nc(C(F)(F)F)c3c2[C@@H](F)[C@@H](F)[C@H]3O)CC1. The Morgan fingerprint density at radius 3 is 2.30 bits per heavy atom. The molecule has 0 radical (unpaired) electrons. The molecule has 3 atom stereocenters. The van der Waals surface area contributed by atoms with Gasteiger partial charge in [0.2, 0.25) is 0 Å². The van der Waals surface area contributed by atoms with E-state index in [1.807, 2.05) is 0 Å². The van der Waals surface area contributed by atoms with Crippen molar-refractivity contribution in [1.29, 1.82) is 0 Å². The summed E-state index contributed by atoms with van der Waals surface area (Å²) in [6, 6.07) is -0.639. The molecular weight excluding hydrogens is 326 g/mol. The minimum absolute atomic E-state index is 0.103. The van der Waals surface area contributed by atoms with Gasteiger partial charge in [0.15, 0.2) is 18.0 Å². The molecule has 0 aromatic carbocycles. The first-order chi connectivity index (χ1) is 10.5. The van der Waals surface area contributed by atoms with E-state index in [0.29, 0.717) is 0 Å². The quantitative estimate of drug-likeness (QED) is 0.779. The molecule has 3 nitrogen and oxygen atoms in total. The summed E-state index contributed by atoms with van der Waals surface area (Å²) in [6.07, 6.45) is -11.4. The van der Waals surface area contributed by atoms with Crippen LogP contribution in [-0.2, 0) is 6.18 Å². The Morgan fingerprint density at radius 2 is 1.78 bits per heavy atom. The van der Waals surface area contributed by atoms with Gasteiger partial charge in [-0.05, 0) is 32.6 Å². The van der Waals surface area contributed by atoms with Crippen LogP contribution in [0.4, 0.5) is 26.3 Å². The fraction of sp³-hybridized carbons (Fsp3) is 0.786. The topological polar surface area (TPSA) is 38.0 Å². The zero-order chi connectivity index (χ0) is 17.2. The number of fused-ring (bicyclic) bond motifs is 1. The van der Waals surface area contributed by atoms with Gasteiger partial charge in [0.05, 0.1) is 11.7 Å². The van der Waals surface area contributed by atoms with Crippen molar-refractivity contribution in [3.05, 3.63) is 17.0 Å². The third-order valence-electron chi connectivity index (χ3n) is 4.74. The average molecular weight is 342 g/mol. The Morgan fingerprint density at radius 1 is 1.22 bits per heavy atom. The summed E-state index contributed by atoms with van der Waals surface area (Å²) in [5.74, 6) is 0. The molecule has 1 aromatic rings. The lowest BCUT2D eigenvalue weighted by Crippen LogP contribution is -2.29. The predicted octanol–water partition coefficient (Wildman–Crippen LogP) is 4.14. The summed E-state index contributed by atoms with van der Waals surface area (Å²) >= 11 is 0. The third-order valence-corrected chi connectivity index (χ3v) is 4.74. The maximum absolute atomic E-state index is 14.1. The second-order valence-electron chi connectivity index (χ2n) is 6.53. The van der Waals surface area contributed by atoms with E-state index >= 15 is 0 Å². The number of aliphatic hydroxyl groups excluding tert-OH is 1. The van der Waals surface area contributed by atoms with Gasteiger partial charge in [0.1, 0.15) is 11.8 Å². The highest BCUT2D eigenvalue weighted by Gasteiger charge is 2.52. The molecule has 1 aromatic heterocycles. The highest BCUT2D eigenvalue weighted by atomic mass is 19.4. The van der Waals surface area contributed by atoms with Crippen molar-refractivity contribution < 1.29 is 31.4 Å². The highest BCUT2D eigenvalue weighted by molar-refractivity contribution is 5.39. The summed E-state index contributed by atoms with van der Waals surface area (Å²) in [4.78, 5) is 0. The third kappa shape index (κ3) is 2.62. The molecule has 9 heteroatoms. The monoisotopic (exact) mass is 342 g/mol. The number of aliphatic hydroxyl groups is 1. The van der Waals surface area contributed by atoms with E-state index in [9.17, 15) is 31.4 Å². The molecule has 23 heavy (non-hydrogen) atoms. The zero-order valence-corrected chi connectivity index (χ0v) is 12.2. The molecule has 0 saturated heterocycles. The lowest BCUT2D eigenvalue weighted by Gasteiger charge is -2.32. The predicted molar refractivity (Wildman–Crippen MR) is 68.0 cm³/mol. The van der Waals surface area contributed by atoms with Gasteiger partial charge in [-0.3, -0.25) is 4.68 Å². The van der Waals surface area contributed by atoms with E-state index in [0.717, 1.165) is 4.68 Å². The van der Waals surface area contributed by atoms with Crippen LogP contribution in [-0.4, -0.2) is 26.7 Å². The van der Waals surface area contributed by atoms with E-state index in [-0.39, 0.29) is 25.7 Å². The Labute approximate surface area is 128 Å². The number of alkyl halides is 6. The van der Waals surface area contributed by atoms with E-state index in [1.165, 1.54) is 6.92 Å². The van der Waals surface area contributed by atoms with Crippen molar-refractivity contribution in [2.24, 2.45) is 0 Å². The number of aromatic nitrogens is 2.